The summed E-state index contributed by atoms with van der Waals surface area (Å²) in [5.74, 6) is 1.61. The minimum Gasteiger partial charge on any atom is -0.493 e. The van der Waals surface area contributed by atoms with Crippen molar-refractivity contribution in [2.24, 2.45) is 5.10 Å². The summed E-state index contributed by atoms with van der Waals surface area (Å²) in [6.07, 6.45) is 7.01. The summed E-state index contributed by atoms with van der Waals surface area (Å²) in [5, 5.41) is 4.00. The van der Waals surface area contributed by atoms with Crippen molar-refractivity contribution < 1.29 is 23.6 Å². The largest absolute Gasteiger partial charge is 0.493 e. The molecule has 1 saturated heterocycles. The van der Waals surface area contributed by atoms with E-state index in [9.17, 15) is 4.79 Å². The van der Waals surface area contributed by atoms with Crippen molar-refractivity contribution in [1.29, 1.82) is 0 Å². The highest BCUT2D eigenvalue weighted by molar-refractivity contribution is 5.95. The van der Waals surface area contributed by atoms with Crippen LogP contribution in [-0.4, -0.2) is 45.5 Å². The fraction of sp³-hybridized carbons (Fsp3) is 0.429. The van der Waals surface area contributed by atoms with Crippen LogP contribution in [0.4, 0.5) is 0 Å². The number of amides is 1. The van der Waals surface area contributed by atoms with E-state index in [0.29, 0.717) is 29.4 Å². The van der Waals surface area contributed by atoms with E-state index in [2.05, 4.69) is 10.5 Å². The van der Waals surface area contributed by atoms with Gasteiger partial charge in [-0.3, -0.25) is 4.79 Å². The molecule has 1 aromatic heterocycles. The van der Waals surface area contributed by atoms with Crippen LogP contribution in [-0.2, 0) is 0 Å². The molecule has 2 N–H and O–H groups in total. The number of methoxy groups -OCH3 is 1. The number of hydrogen-bond acceptors (Lipinski definition) is 5. The topological polar surface area (TPSA) is 77.5 Å². The number of furan rings is 1. The van der Waals surface area contributed by atoms with Gasteiger partial charge in [-0.1, -0.05) is 0 Å². The molecule has 7 nitrogen and oxygen atoms in total. The van der Waals surface area contributed by atoms with E-state index in [1.54, 1.807) is 31.2 Å². The van der Waals surface area contributed by atoms with Gasteiger partial charge in [-0.05, 0) is 56.0 Å². The maximum Gasteiger partial charge on any atom is 0.274 e. The van der Waals surface area contributed by atoms with E-state index in [0.717, 1.165) is 12.1 Å². The standard InChI is InChI=1S/C21H27N3O4/c1-16-18(8-12-27-16)21(25)23-22-15-17-6-7-19(20(14-17)26-2)28-13-11-24-9-4-3-5-10-24/h6-8,12,14-15H,3-5,9-11,13H2,1-2H3,(H,23,25)/p+1/b22-15-. The zero-order chi connectivity index (χ0) is 19.8. The monoisotopic (exact) mass is 386 g/mol. The summed E-state index contributed by atoms with van der Waals surface area (Å²) in [6, 6.07) is 7.20. The van der Waals surface area contributed by atoms with Crippen LogP contribution < -0.4 is 19.8 Å². The van der Waals surface area contributed by atoms with Crippen molar-refractivity contribution >= 4 is 12.1 Å². The lowest BCUT2D eigenvalue weighted by Gasteiger charge is -2.23. The highest BCUT2D eigenvalue weighted by Crippen LogP contribution is 2.27. The van der Waals surface area contributed by atoms with Gasteiger partial charge >= 0.3 is 0 Å². The average molecular weight is 386 g/mol. The first-order valence-corrected chi connectivity index (χ1v) is 9.69. The molecule has 2 aromatic rings. The summed E-state index contributed by atoms with van der Waals surface area (Å²) < 4.78 is 16.5. The molecular weight excluding hydrogens is 358 g/mol. The molecule has 0 spiro atoms. The number of benzene rings is 1. The number of carbonyl (C=O) groups is 1. The van der Waals surface area contributed by atoms with Crippen LogP contribution in [0.2, 0.25) is 0 Å². The number of aryl methyl sites for hydroxylation is 1. The van der Waals surface area contributed by atoms with Gasteiger partial charge < -0.3 is 18.8 Å². The average Bonchev–Trinajstić information content (AvgIpc) is 3.15. The van der Waals surface area contributed by atoms with Gasteiger partial charge in [0.25, 0.3) is 5.91 Å². The molecule has 1 fully saturated rings. The predicted octanol–water partition coefficient (Wildman–Crippen LogP) is 1.81. The number of hydrogen-bond donors (Lipinski definition) is 2. The first-order chi connectivity index (χ1) is 13.7. The smallest absolute Gasteiger partial charge is 0.274 e. The van der Waals surface area contributed by atoms with E-state index < -0.39 is 0 Å². The molecule has 150 valence electrons. The summed E-state index contributed by atoms with van der Waals surface area (Å²) in [5.41, 5.74) is 3.76. The van der Waals surface area contributed by atoms with Gasteiger partial charge in [-0.2, -0.15) is 5.10 Å². The maximum atomic E-state index is 12.0. The van der Waals surface area contributed by atoms with Crippen molar-refractivity contribution in [3.8, 4) is 11.5 Å². The van der Waals surface area contributed by atoms with Crippen molar-refractivity contribution in [2.75, 3.05) is 33.4 Å². The normalized spacial score (nSPS) is 14.9. The zero-order valence-electron chi connectivity index (χ0n) is 16.5. The van der Waals surface area contributed by atoms with Crippen LogP contribution in [0.1, 0.15) is 40.9 Å². The number of nitrogens with zero attached hydrogens (tertiary/aromatic N) is 1. The molecule has 0 atom stereocenters. The Labute approximate surface area is 165 Å². The Morgan fingerprint density at radius 2 is 2.07 bits per heavy atom. The second-order valence-electron chi connectivity index (χ2n) is 6.91. The van der Waals surface area contributed by atoms with Gasteiger partial charge in [-0.15, -0.1) is 0 Å². The lowest BCUT2D eigenvalue weighted by Crippen LogP contribution is -3.13. The number of hydrazone groups is 1. The fourth-order valence-corrected chi connectivity index (χ4v) is 3.34. The minimum atomic E-state index is -0.311. The molecule has 1 aliphatic rings. The number of likely N-dealkylation sites (tertiary alicyclic amines) is 1. The van der Waals surface area contributed by atoms with Gasteiger partial charge in [0.05, 0.1) is 38.2 Å². The molecule has 0 unspecified atom stereocenters. The summed E-state index contributed by atoms with van der Waals surface area (Å²) >= 11 is 0. The number of rotatable bonds is 8. The zero-order valence-corrected chi connectivity index (χ0v) is 16.5. The molecular formula is C21H28N3O4+. The molecule has 1 amide bonds. The third kappa shape index (κ3) is 5.36. The Morgan fingerprint density at radius 1 is 1.25 bits per heavy atom. The van der Waals surface area contributed by atoms with Crippen molar-refractivity contribution in [3.05, 3.63) is 47.4 Å². The van der Waals surface area contributed by atoms with Crippen LogP contribution in [0.5, 0.6) is 11.5 Å². The third-order valence-corrected chi connectivity index (χ3v) is 4.94. The Bertz CT molecular complexity index is 810. The fourth-order valence-electron chi connectivity index (χ4n) is 3.34. The first kappa shape index (κ1) is 19.9. The van der Waals surface area contributed by atoms with Crippen LogP contribution in [0.25, 0.3) is 0 Å². The predicted molar refractivity (Wildman–Crippen MR) is 106 cm³/mol. The molecule has 0 saturated carbocycles. The van der Waals surface area contributed by atoms with E-state index in [-0.39, 0.29) is 5.91 Å². The molecule has 3 rings (SSSR count). The van der Waals surface area contributed by atoms with E-state index in [4.69, 9.17) is 13.9 Å². The number of carbonyl (C=O) groups excluding carboxylic acids is 1. The molecule has 2 heterocycles. The van der Waals surface area contributed by atoms with Crippen LogP contribution in [0.3, 0.4) is 0 Å². The van der Waals surface area contributed by atoms with Crippen molar-refractivity contribution in [1.82, 2.24) is 5.43 Å². The highest BCUT2D eigenvalue weighted by Gasteiger charge is 2.14. The molecule has 7 heteroatoms. The van der Waals surface area contributed by atoms with Crippen molar-refractivity contribution in [2.45, 2.75) is 26.2 Å². The van der Waals surface area contributed by atoms with Gasteiger partial charge in [0.2, 0.25) is 0 Å². The van der Waals surface area contributed by atoms with E-state index in [1.807, 2.05) is 18.2 Å². The minimum absolute atomic E-state index is 0.311. The van der Waals surface area contributed by atoms with Gasteiger partial charge in [0.1, 0.15) is 18.9 Å². The van der Waals surface area contributed by atoms with Gasteiger partial charge in [0.15, 0.2) is 11.5 Å². The molecule has 1 aromatic carbocycles. The number of piperidine rings is 1. The van der Waals surface area contributed by atoms with E-state index >= 15 is 0 Å². The summed E-state index contributed by atoms with van der Waals surface area (Å²) in [7, 11) is 1.61. The van der Waals surface area contributed by atoms with Crippen LogP contribution in [0, 0.1) is 6.92 Å². The van der Waals surface area contributed by atoms with Crippen molar-refractivity contribution in [3.63, 3.8) is 0 Å². The summed E-state index contributed by atoms with van der Waals surface area (Å²) in [6.45, 7) is 5.87. The molecule has 1 aliphatic heterocycles. The Hall–Kier alpha value is -2.80. The molecule has 0 radical (unpaired) electrons. The SMILES string of the molecule is COc1cc(/C=N\NC(=O)c2ccoc2C)ccc1OCC[NH+]1CCCCC1. The summed E-state index contributed by atoms with van der Waals surface area (Å²) in [4.78, 5) is 13.6. The van der Waals surface area contributed by atoms with Crippen LogP contribution >= 0.6 is 0 Å². The Balaban J connectivity index is 1.53. The van der Waals surface area contributed by atoms with Gasteiger partial charge in [-0.25, -0.2) is 5.43 Å². The third-order valence-electron chi connectivity index (χ3n) is 4.94. The number of nitrogens with one attached hydrogen (secondary N) is 2. The molecule has 28 heavy (non-hydrogen) atoms. The Morgan fingerprint density at radius 3 is 2.79 bits per heavy atom. The van der Waals surface area contributed by atoms with E-state index in [1.165, 1.54) is 38.6 Å². The number of ether oxygens (including phenoxy) is 2. The lowest BCUT2D eigenvalue weighted by molar-refractivity contribution is -0.904. The number of quaternary nitrogens is 1. The second-order valence-corrected chi connectivity index (χ2v) is 6.91. The van der Waals surface area contributed by atoms with Crippen LogP contribution in [0.15, 0.2) is 40.0 Å². The molecule has 0 aliphatic carbocycles. The quantitative estimate of drug-likeness (QED) is 0.536. The lowest BCUT2D eigenvalue weighted by atomic mass is 10.1. The highest BCUT2D eigenvalue weighted by atomic mass is 16.5. The maximum absolute atomic E-state index is 12.0. The Kier molecular flexibility index (Phi) is 7.08. The molecule has 0 bridgehead atoms. The van der Waals surface area contributed by atoms with Gasteiger partial charge in [0, 0.05) is 0 Å². The second kappa shape index (κ2) is 9.94. The first-order valence-electron chi connectivity index (χ1n) is 9.69.